The van der Waals surface area contributed by atoms with E-state index in [1.54, 1.807) is 0 Å². The van der Waals surface area contributed by atoms with E-state index >= 15 is 0 Å². The highest BCUT2D eigenvalue weighted by Gasteiger charge is 1.83. The summed E-state index contributed by atoms with van der Waals surface area (Å²) < 4.78 is 5.24. The maximum atomic E-state index is 5.24. The summed E-state index contributed by atoms with van der Waals surface area (Å²) in [6.45, 7) is 5.20. The second-order valence-electron chi connectivity index (χ2n) is 1.77. The van der Waals surface area contributed by atoms with Crippen LogP contribution in [0.25, 0.3) is 0 Å². The van der Waals surface area contributed by atoms with E-state index in [0.717, 1.165) is 19.7 Å². The molecular formula is C5H14INOSi. The zero-order chi connectivity index (χ0) is 6.95. The molecule has 0 aliphatic carbocycles. The quantitative estimate of drug-likeness (QED) is 0.323. The van der Waals surface area contributed by atoms with Crippen molar-refractivity contribution in [2.24, 2.45) is 0 Å². The van der Waals surface area contributed by atoms with E-state index in [1.807, 2.05) is 0 Å². The minimum absolute atomic E-state index is 0.190. The van der Waals surface area contributed by atoms with Gasteiger partial charge in [0.05, 0.1) is 0 Å². The minimum Gasteiger partial charge on any atom is -0.412 e. The third-order valence-corrected chi connectivity index (χ3v) is 2.69. The fourth-order valence-electron chi connectivity index (χ4n) is 0.501. The Kier molecular flexibility index (Phi) is 9.72. The summed E-state index contributed by atoms with van der Waals surface area (Å²) in [7, 11) is -0.190. The standard InChI is InChI=1S/C5H14INOSi/c1-2-3-7-4-5-8-9-6/h7H,2-5,9H2,1H3. The number of halogens is 1. The van der Waals surface area contributed by atoms with E-state index in [9.17, 15) is 0 Å². The number of hydrogen-bond acceptors (Lipinski definition) is 2. The number of hydrogen-bond donors (Lipinski definition) is 1. The molecule has 9 heavy (non-hydrogen) atoms. The van der Waals surface area contributed by atoms with Gasteiger partial charge in [-0.15, -0.1) is 0 Å². The van der Waals surface area contributed by atoms with Crippen molar-refractivity contribution >= 4 is 29.1 Å². The molecule has 0 saturated heterocycles. The molecule has 2 nitrogen and oxygen atoms in total. The van der Waals surface area contributed by atoms with Gasteiger partial charge in [-0.1, -0.05) is 28.7 Å². The van der Waals surface area contributed by atoms with Gasteiger partial charge in [-0.3, -0.25) is 0 Å². The smallest absolute Gasteiger partial charge is 0.227 e. The Balaban J connectivity index is 2.60. The largest absolute Gasteiger partial charge is 0.412 e. The lowest BCUT2D eigenvalue weighted by Gasteiger charge is -2.00. The van der Waals surface area contributed by atoms with Crippen molar-refractivity contribution in [1.82, 2.24) is 5.32 Å². The Morgan fingerprint density at radius 1 is 1.56 bits per heavy atom. The molecule has 0 bridgehead atoms. The zero-order valence-corrected chi connectivity index (χ0v) is 9.39. The summed E-state index contributed by atoms with van der Waals surface area (Å²) in [6, 6.07) is 0. The molecule has 0 aromatic rings. The molecule has 56 valence electrons. The van der Waals surface area contributed by atoms with Crippen molar-refractivity contribution < 1.29 is 4.43 Å². The Bertz CT molecular complexity index is 50.2. The molecule has 0 saturated carbocycles. The molecule has 0 atom stereocenters. The van der Waals surface area contributed by atoms with E-state index in [0.29, 0.717) is 0 Å². The monoisotopic (exact) mass is 259 g/mol. The average molecular weight is 259 g/mol. The second-order valence-corrected chi connectivity index (χ2v) is 4.26. The highest BCUT2D eigenvalue weighted by Crippen LogP contribution is 1.77. The van der Waals surface area contributed by atoms with Crippen molar-refractivity contribution in [2.75, 3.05) is 19.7 Å². The second kappa shape index (κ2) is 8.87. The van der Waals surface area contributed by atoms with Gasteiger partial charge >= 0.3 is 0 Å². The lowest BCUT2D eigenvalue weighted by atomic mass is 10.5. The highest BCUT2D eigenvalue weighted by molar-refractivity contribution is 14.1. The van der Waals surface area contributed by atoms with Crippen molar-refractivity contribution in [1.29, 1.82) is 0 Å². The molecule has 0 heterocycles. The first-order valence-corrected chi connectivity index (χ1v) is 8.95. The van der Waals surface area contributed by atoms with Crippen molar-refractivity contribution in [3.8, 4) is 0 Å². The number of nitrogens with one attached hydrogen (secondary N) is 1. The van der Waals surface area contributed by atoms with Crippen LogP contribution < -0.4 is 5.32 Å². The Morgan fingerprint density at radius 3 is 2.89 bits per heavy atom. The van der Waals surface area contributed by atoms with Gasteiger partial charge < -0.3 is 9.74 Å². The van der Waals surface area contributed by atoms with Crippen LogP contribution in [0.2, 0.25) is 0 Å². The lowest BCUT2D eigenvalue weighted by molar-refractivity contribution is 0.342. The van der Waals surface area contributed by atoms with Crippen LogP contribution in [0.3, 0.4) is 0 Å². The third kappa shape index (κ3) is 8.87. The van der Waals surface area contributed by atoms with Gasteiger partial charge in [-0.05, 0) is 13.0 Å². The highest BCUT2D eigenvalue weighted by atomic mass is 127. The van der Waals surface area contributed by atoms with Crippen LogP contribution >= 0.6 is 21.8 Å². The van der Waals surface area contributed by atoms with Crippen LogP contribution in [0.4, 0.5) is 0 Å². The predicted octanol–water partition coefficient (Wildman–Crippen LogP) is 0.436. The Labute approximate surface area is 71.9 Å². The first-order chi connectivity index (χ1) is 4.41. The van der Waals surface area contributed by atoms with E-state index in [2.05, 4.69) is 34.0 Å². The SMILES string of the molecule is CCCNCCO[SiH2]I. The van der Waals surface area contributed by atoms with E-state index in [-0.39, 0.29) is 7.26 Å². The fraction of sp³-hybridized carbons (Fsp3) is 1.00. The molecule has 0 aromatic heterocycles. The van der Waals surface area contributed by atoms with Crippen molar-refractivity contribution in [2.45, 2.75) is 13.3 Å². The molecule has 4 heteroatoms. The molecule has 0 radical (unpaired) electrons. The molecule has 0 unspecified atom stereocenters. The molecule has 0 aromatic carbocycles. The zero-order valence-electron chi connectivity index (χ0n) is 5.82. The van der Waals surface area contributed by atoms with Gasteiger partial charge in [0.1, 0.15) is 0 Å². The summed E-state index contributed by atoms with van der Waals surface area (Å²) >= 11 is 2.34. The summed E-state index contributed by atoms with van der Waals surface area (Å²) in [5, 5.41) is 3.26. The molecule has 0 spiro atoms. The van der Waals surface area contributed by atoms with Crippen LogP contribution in [-0.4, -0.2) is 27.0 Å². The summed E-state index contributed by atoms with van der Waals surface area (Å²) in [4.78, 5) is 0. The van der Waals surface area contributed by atoms with Crippen molar-refractivity contribution in [3.05, 3.63) is 0 Å². The van der Waals surface area contributed by atoms with Gasteiger partial charge in [-0.25, -0.2) is 0 Å². The van der Waals surface area contributed by atoms with Crippen LogP contribution in [0, 0.1) is 0 Å². The molecule has 0 fully saturated rings. The normalized spacial score (nSPS) is 11.3. The first-order valence-electron chi connectivity index (χ1n) is 3.26. The summed E-state index contributed by atoms with van der Waals surface area (Å²) in [5.74, 6) is 0. The summed E-state index contributed by atoms with van der Waals surface area (Å²) in [5.41, 5.74) is 0. The lowest BCUT2D eigenvalue weighted by Crippen LogP contribution is -2.20. The molecule has 0 rings (SSSR count). The predicted molar refractivity (Wildman–Crippen MR) is 51.7 cm³/mol. The van der Waals surface area contributed by atoms with E-state index in [4.69, 9.17) is 4.43 Å². The number of rotatable bonds is 6. The molecule has 0 aliphatic heterocycles. The fourth-order valence-corrected chi connectivity index (χ4v) is 1.69. The van der Waals surface area contributed by atoms with Crippen LogP contribution in [0.15, 0.2) is 0 Å². The molecular weight excluding hydrogens is 245 g/mol. The maximum Gasteiger partial charge on any atom is 0.227 e. The Morgan fingerprint density at radius 2 is 2.33 bits per heavy atom. The maximum absolute atomic E-state index is 5.24. The molecule has 0 amide bonds. The first kappa shape index (κ1) is 9.87. The molecule has 0 aliphatic rings. The van der Waals surface area contributed by atoms with Crippen LogP contribution in [-0.2, 0) is 4.43 Å². The van der Waals surface area contributed by atoms with E-state index < -0.39 is 0 Å². The van der Waals surface area contributed by atoms with Crippen LogP contribution in [0.5, 0.6) is 0 Å². The topological polar surface area (TPSA) is 21.3 Å². The Hall–Kier alpha value is 0.867. The van der Waals surface area contributed by atoms with E-state index in [1.165, 1.54) is 6.42 Å². The van der Waals surface area contributed by atoms with Gasteiger partial charge in [0.2, 0.25) is 7.26 Å². The van der Waals surface area contributed by atoms with Gasteiger partial charge in [0.25, 0.3) is 0 Å². The van der Waals surface area contributed by atoms with Crippen molar-refractivity contribution in [3.63, 3.8) is 0 Å². The minimum atomic E-state index is -0.190. The average Bonchev–Trinajstić information content (AvgIpc) is 1.89. The third-order valence-electron chi connectivity index (χ3n) is 0.927. The molecule has 1 N–H and O–H groups in total. The van der Waals surface area contributed by atoms with Gasteiger partial charge in [0, 0.05) is 13.2 Å². The van der Waals surface area contributed by atoms with Crippen LogP contribution in [0.1, 0.15) is 13.3 Å². The summed E-state index contributed by atoms with van der Waals surface area (Å²) in [6.07, 6.45) is 1.21. The van der Waals surface area contributed by atoms with Gasteiger partial charge in [-0.2, -0.15) is 0 Å². The van der Waals surface area contributed by atoms with Gasteiger partial charge in [0.15, 0.2) is 0 Å².